The lowest BCUT2D eigenvalue weighted by Gasteiger charge is -2.37. The van der Waals surface area contributed by atoms with Crippen molar-refractivity contribution in [2.24, 2.45) is 17.8 Å². The fourth-order valence-electron chi connectivity index (χ4n) is 4.32. The molecular formula is C22H34O4. The molecule has 2 rings (SSSR count). The first-order chi connectivity index (χ1) is 12.4. The Hall–Kier alpha value is -1.58. The molecule has 0 heterocycles. The molecule has 0 amide bonds. The van der Waals surface area contributed by atoms with Gasteiger partial charge in [-0.2, -0.15) is 0 Å². The Kier molecular flexibility index (Phi) is 7.92. The predicted molar refractivity (Wildman–Crippen MR) is 102 cm³/mol. The lowest BCUT2D eigenvalue weighted by Crippen LogP contribution is -2.30. The SMILES string of the molecule is C=C(C)C(=O)OCCC1CCC(C2CCC(OC(=O)C(=C)C)CC2)CC1. The van der Waals surface area contributed by atoms with Crippen molar-refractivity contribution in [2.75, 3.05) is 6.61 Å². The van der Waals surface area contributed by atoms with Gasteiger partial charge in [-0.05, 0) is 76.5 Å². The quantitative estimate of drug-likeness (QED) is 0.473. The monoisotopic (exact) mass is 362 g/mol. The molecule has 4 heteroatoms. The average molecular weight is 363 g/mol. The highest BCUT2D eigenvalue weighted by Gasteiger charge is 2.32. The molecule has 0 atom stereocenters. The highest BCUT2D eigenvalue weighted by Crippen LogP contribution is 2.41. The second-order valence-electron chi connectivity index (χ2n) is 8.21. The average Bonchev–Trinajstić information content (AvgIpc) is 2.62. The molecule has 0 N–H and O–H groups in total. The molecule has 0 unspecified atom stereocenters. The molecular weight excluding hydrogens is 328 g/mol. The van der Waals surface area contributed by atoms with Gasteiger partial charge in [0.15, 0.2) is 0 Å². The summed E-state index contributed by atoms with van der Waals surface area (Å²) in [6.07, 6.45) is 10.4. The highest BCUT2D eigenvalue weighted by molar-refractivity contribution is 5.87. The maximum Gasteiger partial charge on any atom is 0.333 e. The molecule has 2 saturated carbocycles. The van der Waals surface area contributed by atoms with Gasteiger partial charge in [0.25, 0.3) is 0 Å². The summed E-state index contributed by atoms with van der Waals surface area (Å²) >= 11 is 0. The highest BCUT2D eigenvalue weighted by atomic mass is 16.5. The lowest BCUT2D eigenvalue weighted by atomic mass is 9.70. The van der Waals surface area contributed by atoms with E-state index in [0.717, 1.165) is 31.1 Å². The van der Waals surface area contributed by atoms with Gasteiger partial charge in [-0.25, -0.2) is 9.59 Å². The minimum Gasteiger partial charge on any atom is -0.462 e. The zero-order valence-corrected chi connectivity index (χ0v) is 16.4. The normalized spacial score (nSPS) is 28.8. The molecule has 26 heavy (non-hydrogen) atoms. The maximum atomic E-state index is 11.6. The van der Waals surface area contributed by atoms with E-state index in [1.165, 1.54) is 38.5 Å². The van der Waals surface area contributed by atoms with Crippen LogP contribution in [0.5, 0.6) is 0 Å². The number of ether oxygens (including phenoxy) is 2. The molecule has 0 aromatic carbocycles. The molecule has 0 spiro atoms. The van der Waals surface area contributed by atoms with E-state index in [1.807, 2.05) is 0 Å². The Balaban J connectivity index is 1.63. The van der Waals surface area contributed by atoms with Crippen LogP contribution >= 0.6 is 0 Å². The first-order valence-corrected chi connectivity index (χ1v) is 10.1. The van der Waals surface area contributed by atoms with Crippen LogP contribution in [0.2, 0.25) is 0 Å². The van der Waals surface area contributed by atoms with Crippen LogP contribution in [0.3, 0.4) is 0 Å². The van der Waals surface area contributed by atoms with Crippen molar-refractivity contribution in [3.63, 3.8) is 0 Å². The van der Waals surface area contributed by atoms with Gasteiger partial charge in [-0.1, -0.05) is 26.0 Å². The number of hydrogen-bond donors (Lipinski definition) is 0. The van der Waals surface area contributed by atoms with Gasteiger partial charge in [0.2, 0.25) is 0 Å². The van der Waals surface area contributed by atoms with E-state index in [9.17, 15) is 9.59 Å². The molecule has 0 saturated heterocycles. The van der Waals surface area contributed by atoms with E-state index in [-0.39, 0.29) is 18.0 Å². The molecule has 146 valence electrons. The Labute approximate surface area is 158 Å². The third kappa shape index (κ3) is 6.30. The Bertz CT molecular complexity index is 520. The minimum absolute atomic E-state index is 0.0785. The molecule has 0 aliphatic heterocycles. The number of carbonyl (C=O) groups excluding carboxylic acids is 2. The number of carbonyl (C=O) groups is 2. The Morgan fingerprint density at radius 3 is 1.81 bits per heavy atom. The molecule has 0 aromatic heterocycles. The van der Waals surface area contributed by atoms with E-state index in [1.54, 1.807) is 13.8 Å². The van der Waals surface area contributed by atoms with Crippen LogP contribution in [0, 0.1) is 17.8 Å². The zero-order valence-electron chi connectivity index (χ0n) is 16.4. The second kappa shape index (κ2) is 9.94. The van der Waals surface area contributed by atoms with Crippen LogP contribution < -0.4 is 0 Å². The van der Waals surface area contributed by atoms with Gasteiger partial charge in [0.05, 0.1) is 6.61 Å². The minimum atomic E-state index is -0.275. The van der Waals surface area contributed by atoms with Crippen LogP contribution in [0.1, 0.15) is 71.6 Å². The van der Waals surface area contributed by atoms with Crippen LogP contribution in [-0.4, -0.2) is 24.6 Å². The van der Waals surface area contributed by atoms with Crippen molar-refractivity contribution >= 4 is 11.9 Å². The summed E-state index contributed by atoms with van der Waals surface area (Å²) in [5.74, 6) is 1.74. The fourth-order valence-corrected chi connectivity index (χ4v) is 4.32. The topological polar surface area (TPSA) is 52.6 Å². The third-order valence-electron chi connectivity index (χ3n) is 6.01. The van der Waals surface area contributed by atoms with E-state index in [0.29, 0.717) is 23.7 Å². The summed E-state index contributed by atoms with van der Waals surface area (Å²) in [5, 5.41) is 0. The number of rotatable bonds is 7. The van der Waals surface area contributed by atoms with Crippen LogP contribution in [0.15, 0.2) is 24.3 Å². The molecule has 0 aromatic rings. The van der Waals surface area contributed by atoms with Gasteiger partial charge in [0, 0.05) is 11.1 Å². The van der Waals surface area contributed by atoms with Crippen molar-refractivity contribution in [3.05, 3.63) is 24.3 Å². The maximum absolute atomic E-state index is 11.6. The molecule has 2 aliphatic rings. The number of hydrogen-bond acceptors (Lipinski definition) is 4. The van der Waals surface area contributed by atoms with E-state index >= 15 is 0 Å². The Morgan fingerprint density at radius 2 is 1.31 bits per heavy atom. The summed E-state index contributed by atoms with van der Waals surface area (Å²) in [5.41, 5.74) is 0.956. The Morgan fingerprint density at radius 1 is 0.808 bits per heavy atom. The second-order valence-corrected chi connectivity index (χ2v) is 8.21. The summed E-state index contributed by atoms with van der Waals surface area (Å²) in [7, 11) is 0. The van der Waals surface area contributed by atoms with Crippen LogP contribution in [0.4, 0.5) is 0 Å². The summed E-state index contributed by atoms with van der Waals surface area (Å²) < 4.78 is 10.7. The lowest BCUT2D eigenvalue weighted by molar-refractivity contribution is -0.146. The van der Waals surface area contributed by atoms with E-state index in [4.69, 9.17) is 9.47 Å². The number of esters is 2. The standard InChI is InChI=1S/C22H34O4/c1-15(2)21(23)25-14-13-17-5-7-18(8-6-17)19-9-11-20(12-10-19)26-22(24)16(3)4/h17-20H,1,3,5-14H2,2,4H3. The zero-order chi connectivity index (χ0) is 19.1. The van der Waals surface area contributed by atoms with Gasteiger partial charge < -0.3 is 9.47 Å². The van der Waals surface area contributed by atoms with Gasteiger partial charge in [-0.3, -0.25) is 0 Å². The fraction of sp³-hybridized carbons (Fsp3) is 0.727. The summed E-state index contributed by atoms with van der Waals surface area (Å²) in [6.45, 7) is 11.2. The smallest absolute Gasteiger partial charge is 0.333 e. The first-order valence-electron chi connectivity index (χ1n) is 10.1. The predicted octanol–water partition coefficient (Wildman–Crippen LogP) is 4.98. The largest absolute Gasteiger partial charge is 0.462 e. The van der Waals surface area contributed by atoms with Crippen LogP contribution in [0.25, 0.3) is 0 Å². The van der Waals surface area contributed by atoms with Crippen molar-refractivity contribution in [1.82, 2.24) is 0 Å². The van der Waals surface area contributed by atoms with Crippen molar-refractivity contribution < 1.29 is 19.1 Å². The third-order valence-corrected chi connectivity index (χ3v) is 6.01. The summed E-state index contributed by atoms with van der Waals surface area (Å²) in [4.78, 5) is 23.1. The van der Waals surface area contributed by atoms with Crippen molar-refractivity contribution in [1.29, 1.82) is 0 Å². The van der Waals surface area contributed by atoms with Crippen LogP contribution in [-0.2, 0) is 19.1 Å². The van der Waals surface area contributed by atoms with Gasteiger partial charge >= 0.3 is 11.9 Å². The molecule has 0 radical (unpaired) electrons. The molecule has 2 fully saturated rings. The van der Waals surface area contributed by atoms with Crippen molar-refractivity contribution in [2.45, 2.75) is 77.7 Å². The molecule has 4 nitrogen and oxygen atoms in total. The van der Waals surface area contributed by atoms with Gasteiger partial charge in [-0.15, -0.1) is 0 Å². The van der Waals surface area contributed by atoms with Gasteiger partial charge in [0.1, 0.15) is 6.10 Å². The van der Waals surface area contributed by atoms with E-state index in [2.05, 4.69) is 13.2 Å². The summed E-state index contributed by atoms with van der Waals surface area (Å²) in [6, 6.07) is 0. The molecule has 2 aliphatic carbocycles. The molecule has 0 bridgehead atoms. The first kappa shape index (κ1) is 20.7. The van der Waals surface area contributed by atoms with Crippen molar-refractivity contribution in [3.8, 4) is 0 Å². The van der Waals surface area contributed by atoms with E-state index < -0.39 is 0 Å².